The van der Waals surface area contributed by atoms with Gasteiger partial charge in [0.05, 0.1) is 0 Å². The Bertz CT molecular complexity index is 553. The van der Waals surface area contributed by atoms with Crippen LogP contribution in [0.25, 0.3) is 0 Å². The van der Waals surface area contributed by atoms with E-state index in [0.29, 0.717) is 25.9 Å². The van der Waals surface area contributed by atoms with Gasteiger partial charge in [-0.1, -0.05) is 24.3 Å². The molecule has 2 aliphatic rings. The van der Waals surface area contributed by atoms with Crippen LogP contribution in [0.3, 0.4) is 0 Å². The fourth-order valence-corrected chi connectivity index (χ4v) is 4.42. The average Bonchev–Trinajstić information content (AvgIpc) is 2.53. The molecule has 5 heteroatoms. The van der Waals surface area contributed by atoms with Crippen molar-refractivity contribution in [2.24, 2.45) is 11.7 Å². The van der Waals surface area contributed by atoms with Gasteiger partial charge in [0.15, 0.2) is 0 Å². The predicted octanol–water partition coefficient (Wildman–Crippen LogP) is 1.74. The van der Waals surface area contributed by atoms with Gasteiger partial charge in [0.2, 0.25) is 11.8 Å². The molecule has 21 heavy (non-hydrogen) atoms. The molecule has 1 atom stereocenters. The summed E-state index contributed by atoms with van der Waals surface area (Å²) in [5, 5.41) is -0.0833. The van der Waals surface area contributed by atoms with Crippen LogP contribution in [-0.4, -0.2) is 35.6 Å². The van der Waals surface area contributed by atoms with Crippen LogP contribution < -0.4 is 5.73 Å². The lowest BCUT2D eigenvalue weighted by atomic mass is 9.95. The maximum atomic E-state index is 12.8. The Hall–Kier alpha value is -1.49. The van der Waals surface area contributed by atoms with Crippen LogP contribution in [0.5, 0.6) is 0 Å². The molecular weight excluding hydrogens is 284 g/mol. The Balaban J connectivity index is 1.71. The third-order valence-electron chi connectivity index (χ3n) is 4.43. The molecule has 0 spiro atoms. The molecule has 1 fully saturated rings. The fourth-order valence-electron chi connectivity index (χ4n) is 3.15. The molecule has 3 rings (SSSR count). The number of nitrogens with zero attached hydrogens (tertiary/aromatic N) is 1. The normalized spacial score (nSPS) is 22.7. The van der Waals surface area contributed by atoms with E-state index >= 15 is 0 Å². The van der Waals surface area contributed by atoms with Crippen molar-refractivity contribution < 1.29 is 9.59 Å². The van der Waals surface area contributed by atoms with E-state index in [4.69, 9.17) is 5.73 Å². The van der Waals surface area contributed by atoms with Crippen LogP contribution in [0, 0.1) is 5.92 Å². The highest BCUT2D eigenvalue weighted by Gasteiger charge is 2.33. The average molecular weight is 304 g/mol. The van der Waals surface area contributed by atoms with Gasteiger partial charge in [-0.2, -0.15) is 0 Å². The highest BCUT2D eigenvalue weighted by atomic mass is 32.2. The molecule has 2 aliphatic heterocycles. The molecule has 2 amide bonds. The van der Waals surface area contributed by atoms with Gasteiger partial charge in [0, 0.05) is 19.0 Å². The lowest BCUT2D eigenvalue weighted by Crippen LogP contribution is -2.43. The molecule has 1 unspecified atom stereocenters. The number of amides is 2. The Morgan fingerprint density at radius 2 is 1.90 bits per heavy atom. The molecule has 4 nitrogen and oxygen atoms in total. The Labute approximate surface area is 129 Å². The van der Waals surface area contributed by atoms with Crippen molar-refractivity contribution in [2.45, 2.75) is 24.5 Å². The molecule has 0 aromatic heterocycles. The SMILES string of the molecule is NC(=O)C1CCN(C(=O)C2SCCc3ccccc32)CC1. The number of carbonyl (C=O) groups is 2. The lowest BCUT2D eigenvalue weighted by Gasteiger charge is -2.34. The van der Waals surface area contributed by atoms with E-state index in [0.717, 1.165) is 17.7 Å². The van der Waals surface area contributed by atoms with Crippen molar-refractivity contribution in [2.75, 3.05) is 18.8 Å². The number of benzene rings is 1. The zero-order valence-electron chi connectivity index (χ0n) is 12.0. The van der Waals surface area contributed by atoms with Crippen LogP contribution in [-0.2, 0) is 16.0 Å². The number of hydrogen-bond donors (Lipinski definition) is 1. The summed E-state index contributed by atoms with van der Waals surface area (Å²) >= 11 is 1.73. The number of piperidine rings is 1. The highest BCUT2D eigenvalue weighted by Crippen LogP contribution is 2.38. The maximum Gasteiger partial charge on any atom is 0.240 e. The highest BCUT2D eigenvalue weighted by molar-refractivity contribution is 8.00. The topological polar surface area (TPSA) is 63.4 Å². The number of primary amides is 1. The predicted molar refractivity (Wildman–Crippen MR) is 83.8 cm³/mol. The molecule has 1 saturated heterocycles. The molecule has 112 valence electrons. The minimum atomic E-state index is -0.237. The van der Waals surface area contributed by atoms with Gasteiger partial charge in [-0.25, -0.2) is 0 Å². The monoisotopic (exact) mass is 304 g/mol. The van der Waals surface area contributed by atoms with Crippen LogP contribution in [0.2, 0.25) is 0 Å². The summed E-state index contributed by atoms with van der Waals surface area (Å²) in [5.41, 5.74) is 7.80. The van der Waals surface area contributed by atoms with E-state index in [-0.39, 0.29) is 23.0 Å². The molecule has 0 radical (unpaired) electrons. The molecule has 2 N–H and O–H groups in total. The van der Waals surface area contributed by atoms with E-state index < -0.39 is 0 Å². The standard InChI is InChI=1S/C16H20N2O2S/c17-15(19)12-5-8-18(9-6-12)16(20)14-13-4-2-1-3-11(13)7-10-21-14/h1-4,12,14H,5-10H2,(H2,17,19). The fraction of sp³-hybridized carbons (Fsp3) is 0.500. The van der Waals surface area contributed by atoms with Gasteiger partial charge in [-0.15, -0.1) is 11.8 Å². The summed E-state index contributed by atoms with van der Waals surface area (Å²) in [6.45, 7) is 1.29. The van der Waals surface area contributed by atoms with Crippen molar-refractivity contribution in [3.63, 3.8) is 0 Å². The molecule has 1 aromatic carbocycles. The van der Waals surface area contributed by atoms with Crippen molar-refractivity contribution in [1.29, 1.82) is 0 Å². The maximum absolute atomic E-state index is 12.8. The number of rotatable bonds is 2. The number of nitrogens with two attached hydrogens (primary N) is 1. The summed E-state index contributed by atoms with van der Waals surface area (Å²) in [6.07, 6.45) is 2.43. The van der Waals surface area contributed by atoms with Crippen LogP contribution in [0.4, 0.5) is 0 Å². The summed E-state index contributed by atoms with van der Waals surface area (Å²) in [6, 6.07) is 8.23. The zero-order chi connectivity index (χ0) is 14.8. The van der Waals surface area contributed by atoms with Crippen LogP contribution in [0.15, 0.2) is 24.3 Å². The van der Waals surface area contributed by atoms with E-state index in [1.165, 1.54) is 5.56 Å². The smallest absolute Gasteiger partial charge is 0.240 e. The number of aryl methyl sites for hydroxylation is 1. The number of fused-ring (bicyclic) bond motifs is 1. The second-order valence-corrected chi connectivity index (χ2v) is 6.91. The number of thioether (sulfide) groups is 1. The van der Waals surface area contributed by atoms with Crippen molar-refractivity contribution in [3.05, 3.63) is 35.4 Å². The van der Waals surface area contributed by atoms with Gasteiger partial charge in [0.25, 0.3) is 0 Å². The van der Waals surface area contributed by atoms with E-state index in [1.807, 2.05) is 17.0 Å². The van der Waals surface area contributed by atoms with Crippen LogP contribution in [0.1, 0.15) is 29.2 Å². The van der Waals surface area contributed by atoms with Crippen molar-refractivity contribution in [1.82, 2.24) is 4.90 Å². The first kappa shape index (κ1) is 14.4. The summed E-state index contributed by atoms with van der Waals surface area (Å²) in [4.78, 5) is 25.9. The molecular formula is C16H20N2O2S. The van der Waals surface area contributed by atoms with Gasteiger partial charge >= 0.3 is 0 Å². The zero-order valence-corrected chi connectivity index (χ0v) is 12.8. The minimum Gasteiger partial charge on any atom is -0.369 e. The second kappa shape index (κ2) is 6.10. The van der Waals surface area contributed by atoms with E-state index in [2.05, 4.69) is 12.1 Å². The summed E-state index contributed by atoms with van der Waals surface area (Å²) in [5.74, 6) is 0.875. The lowest BCUT2D eigenvalue weighted by molar-refractivity contribution is -0.134. The Kier molecular flexibility index (Phi) is 4.19. The van der Waals surface area contributed by atoms with Crippen LogP contribution >= 0.6 is 11.8 Å². The van der Waals surface area contributed by atoms with E-state index in [9.17, 15) is 9.59 Å². The minimum absolute atomic E-state index is 0.0691. The van der Waals surface area contributed by atoms with Gasteiger partial charge in [0.1, 0.15) is 5.25 Å². The first-order valence-electron chi connectivity index (χ1n) is 7.44. The number of likely N-dealkylation sites (tertiary alicyclic amines) is 1. The molecule has 0 saturated carbocycles. The van der Waals surface area contributed by atoms with Crippen molar-refractivity contribution in [3.8, 4) is 0 Å². The Morgan fingerprint density at radius 3 is 2.62 bits per heavy atom. The first-order valence-corrected chi connectivity index (χ1v) is 8.49. The van der Waals surface area contributed by atoms with Gasteiger partial charge in [-0.3, -0.25) is 9.59 Å². The second-order valence-electron chi connectivity index (χ2n) is 5.70. The largest absolute Gasteiger partial charge is 0.369 e. The molecule has 2 heterocycles. The first-order chi connectivity index (χ1) is 10.2. The van der Waals surface area contributed by atoms with Crippen molar-refractivity contribution >= 4 is 23.6 Å². The molecule has 1 aromatic rings. The number of hydrogen-bond acceptors (Lipinski definition) is 3. The third-order valence-corrected chi connectivity index (χ3v) is 5.66. The quantitative estimate of drug-likeness (QED) is 0.905. The Morgan fingerprint density at radius 1 is 1.19 bits per heavy atom. The summed E-state index contributed by atoms with van der Waals surface area (Å²) < 4.78 is 0. The van der Waals surface area contributed by atoms with Gasteiger partial charge in [-0.05, 0) is 36.1 Å². The van der Waals surface area contributed by atoms with E-state index in [1.54, 1.807) is 11.8 Å². The molecule has 0 bridgehead atoms. The third kappa shape index (κ3) is 2.93. The van der Waals surface area contributed by atoms with Gasteiger partial charge < -0.3 is 10.6 Å². The number of carbonyl (C=O) groups excluding carboxylic acids is 2. The summed E-state index contributed by atoms with van der Waals surface area (Å²) in [7, 11) is 0. The molecule has 0 aliphatic carbocycles.